The summed E-state index contributed by atoms with van der Waals surface area (Å²) in [4.78, 5) is 0. The molecule has 3 saturated carbocycles. The van der Waals surface area contributed by atoms with Crippen molar-refractivity contribution in [2.45, 2.75) is 44.7 Å². The minimum absolute atomic E-state index is 0.767. The summed E-state index contributed by atoms with van der Waals surface area (Å²) in [6.45, 7) is 0.978. The molecule has 3 aliphatic rings. The molecule has 3 aliphatic carbocycles. The minimum atomic E-state index is 0.767. The van der Waals surface area contributed by atoms with E-state index in [1.165, 1.54) is 37.7 Å². The van der Waals surface area contributed by atoms with Crippen LogP contribution in [0.1, 0.15) is 37.7 Å². The van der Waals surface area contributed by atoms with Crippen LogP contribution in [0.4, 0.5) is 0 Å². The second kappa shape index (κ2) is 4.79. The molecule has 1 aromatic carbocycles. The van der Waals surface area contributed by atoms with Crippen molar-refractivity contribution in [3.8, 4) is 0 Å². The van der Waals surface area contributed by atoms with Gasteiger partial charge in [0.1, 0.15) is 0 Å². The highest BCUT2D eigenvalue weighted by atomic mass is 35.5. The Balaban J connectivity index is 1.40. The molecule has 1 N–H and O–H groups in total. The average Bonchev–Trinajstić information content (AvgIpc) is 3.08. The lowest BCUT2D eigenvalue weighted by Crippen LogP contribution is -2.38. The molecule has 0 heterocycles. The Morgan fingerprint density at radius 2 is 2.00 bits per heavy atom. The summed E-state index contributed by atoms with van der Waals surface area (Å²) in [6, 6.07) is 9.02. The lowest BCUT2D eigenvalue weighted by molar-refractivity contribution is 0.208. The molecular weight excluding hydrogens is 254 g/mol. The third kappa shape index (κ3) is 2.11. The zero-order valence-corrected chi connectivity index (χ0v) is 12.1. The molecule has 0 saturated heterocycles. The van der Waals surface area contributed by atoms with E-state index >= 15 is 0 Å². The van der Waals surface area contributed by atoms with Gasteiger partial charge in [-0.3, -0.25) is 0 Å². The highest BCUT2D eigenvalue weighted by Gasteiger charge is 2.53. The molecule has 4 rings (SSSR count). The monoisotopic (exact) mass is 275 g/mol. The number of halogens is 1. The third-order valence-electron chi connectivity index (χ3n) is 5.89. The fourth-order valence-electron chi connectivity index (χ4n) is 5.20. The second-order valence-corrected chi connectivity index (χ2v) is 7.21. The number of fused-ring (bicyclic) bond motifs is 5. The summed E-state index contributed by atoms with van der Waals surface area (Å²) in [5, 5.41) is 4.66. The molecule has 0 aliphatic heterocycles. The van der Waals surface area contributed by atoms with E-state index < -0.39 is 0 Å². The Bertz CT molecular complexity index is 472. The molecule has 2 heteroatoms. The topological polar surface area (TPSA) is 12.0 Å². The maximum absolute atomic E-state index is 6.05. The van der Waals surface area contributed by atoms with Crippen LogP contribution in [0.25, 0.3) is 0 Å². The average molecular weight is 276 g/mol. The quantitative estimate of drug-likeness (QED) is 0.869. The summed E-state index contributed by atoms with van der Waals surface area (Å²) < 4.78 is 0. The van der Waals surface area contributed by atoms with Crippen molar-refractivity contribution in [3.05, 3.63) is 34.9 Å². The van der Waals surface area contributed by atoms with E-state index in [0.29, 0.717) is 0 Å². The van der Waals surface area contributed by atoms with Crippen LogP contribution in [0.15, 0.2) is 24.3 Å². The van der Waals surface area contributed by atoms with Crippen molar-refractivity contribution in [1.29, 1.82) is 0 Å². The fourth-order valence-corrected chi connectivity index (χ4v) is 5.41. The van der Waals surface area contributed by atoms with E-state index in [1.54, 1.807) is 0 Å². The van der Waals surface area contributed by atoms with E-state index in [1.807, 2.05) is 12.1 Å². The minimum Gasteiger partial charge on any atom is -0.310 e. The highest BCUT2D eigenvalue weighted by Crippen LogP contribution is 2.58. The summed E-state index contributed by atoms with van der Waals surface area (Å²) in [5.74, 6) is 4.15. The first kappa shape index (κ1) is 12.2. The zero-order chi connectivity index (χ0) is 12.8. The molecular formula is C17H22ClN. The highest BCUT2D eigenvalue weighted by molar-refractivity contribution is 6.30. The van der Waals surface area contributed by atoms with Gasteiger partial charge in [0.25, 0.3) is 0 Å². The molecule has 2 bridgehead atoms. The van der Waals surface area contributed by atoms with Gasteiger partial charge in [0, 0.05) is 17.6 Å². The largest absolute Gasteiger partial charge is 0.310 e. The fraction of sp³-hybridized carbons (Fsp3) is 0.647. The van der Waals surface area contributed by atoms with Crippen LogP contribution in [0.2, 0.25) is 5.02 Å². The van der Waals surface area contributed by atoms with Gasteiger partial charge in [-0.25, -0.2) is 0 Å². The van der Waals surface area contributed by atoms with Crippen LogP contribution in [0.5, 0.6) is 0 Å². The van der Waals surface area contributed by atoms with Crippen molar-refractivity contribution in [3.63, 3.8) is 0 Å². The first-order valence-electron chi connectivity index (χ1n) is 7.79. The summed E-state index contributed by atoms with van der Waals surface area (Å²) in [6.07, 6.45) is 7.44. The number of hydrogen-bond donors (Lipinski definition) is 1. The molecule has 1 aromatic rings. The predicted octanol–water partition coefficient (Wildman–Crippen LogP) is 4.25. The van der Waals surface area contributed by atoms with E-state index in [9.17, 15) is 0 Å². The van der Waals surface area contributed by atoms with E-state index in [0.717, 1.165) is 41.3 Å². The van der Waals surface area contributed by atoms with Crippen LogP contribution in [-0.4, -0.2) is 6.04 Å². The zero-order valence-electron chi connectivity index (χ0n) is 11.3. The second-order valence-electron chi connectivity index (χ2n) is 6.77. The van der Waals surface area contributed by atoms with Crippen molar-refractivity contribution < 1.29 is 0 Å². The number of hydrogen-bond acceptors (Lipinski definition) is 1. The van der Waals surface area contributed by atoms with Crippen LogP contribution in [0, 0.1) is 23.7 Å². The molecule has 3 fully saturated rings. The van der Waals surface area contributed by atoms with Crippen LogP contribution in [-0.2, 0) is 6.54 Å². The smallest absolute Gasteiger partial charge is 0.0409 e. The molecule has 19 heavy (non-hydrogen) atoms. The Morgan fingerprint density at radius 1 is 1.11 bits per heavy atom. The standard InChI is InChI=1S/C17H22ClN/c18-13-4-1-3-11(7-13)10-19-17-9-12-8-16(17)15-6-2-5-14(12)15/h1,3-4,7,12,14-17,19H,2,5-6,8-10H2. The normalized spacial score (nSPS) is 39.7. The molecule has 5 atom stereocenters. The van der Waals surface area contributed by atoms with Gasteiger partial charge in [-0.05, 0) is 67.1 Å². The lowest BCUT2D eigenvalue weighted by Gasteiger charge is -2.32. The molecule has 0 amide bonds. The van der Waals surface area contributed by atoms with Gasteiger partial charge >= 0.3 is 0 Å². The predicted molar refractivity (Wildman–Crippen MR) is 79.1 cm³/mol. The van der Waals surface area contributed by atoms with Crippen molar-refractivity contribution in [2.24, 2.45) is 23.7 Å². The molecule has 102 valence electrons. The molecule has 0 aromatic heterocycles. The maximum Gasteiger partial charge on any atom is 0.0409 e. The number of nitrogens with one attached hydrogen (secondary N) is 1. The van der Waals surface area contributed by atoms with Crippen molar-refractivity contribution in [2.75, 3.05) is 0 Å². The van der Waals surface area contributed by atoms with E-state index in [-0.39, 0.29) is 0 Å². The van der Waals surface area contributed by atoms with Gasteiger partial charge in [-0.1, -0.05) is 30.2 Å². The van der Waals surface area contributed by atoms with Gasteiger partial charge in [-0.15, -0.1) is 0 Å². The van der Waals surface area contributed by atoms with Crippen LogP contribution >= 0.6 is 11.6 Å². The van der Waals surface area contributed by atoms with E-state index in [2.05, 4.69) is 17.4 Å². The lowest BCUT2D eigenvalue weighted by atomic mass is 9.79. The Labute approximate surface area is 120 Å². The first-order chi connectivity index (χ1) is 9.31. The summed E-state index contributed by atoms with van der Waals surface area (Å²) >= 11 is 6.05. The Morgan fingerprint density at radius 3 is 2.89 bits per heavy atom. The van der Waals surface area contributed by atoms with Crippen molar-refractivity contribution in [1.82, 2.24) is 5.32 Å². The molecule has 1 nitrogen and oxygen atoms in total. The van der Waals surface area contributed by atoms with Crippen LogP contribution < -0.4 is 5.32 Å². The van der Waals surface area contributed by atoms with Crippen molar-refractivity contribution >= 4 is 11.6 Å². The van der Waals surface area contributed by atoms with E-state index in [4.69, 9.17) is 11.6 Å². The molecule has 5 unspecified atom stereocenters. The first-order valence-corrected chi connectivity index (χ1v) is 8.17. The maximum atomic E-state index is 6.05. The van der Waals surface area contributed by atoms with Gasteiger partial charge in [0.2, 0.25) is 0 Å². The number of benzene rings is 1. The molecule has 0 spiro atoms. The number of rotatable bonds is 3. The SMILES string of the molecule is Clc1cccc(CNC2CC3CC2C2CCCC32)c1. The Kier molecular flexibility index (Phi) is 3.08. The summed E-state index contributed by atoms with van der Waals surface area (Å²) in [5.41, 5.74) is 1.32. The summed E-state index contributed by atoms with van der Waals surface area (Å²) in [7, 11) is 0. The van der Waals surface area contributed by atoms with Crippen LogP contribution in [0.3, 0.4) is 0 Å². The van der Waals surface area contributed by atoms with Gasteiger partial charge < -0.3 is 5.32 Å². The van der Waals surface area contributed by atoms with Gasteiger partial charge in [0.05, 0.1) is 0 Å². The van der Waals surface area contributed by atoms with Gasteiger partial charge in [0.15, 0.2) is 0 Å². The molecule has 0 radical (unpaired) electrons. The van der Waals surface area contributed by atoms with Gasteiger partial charge in [-0.2, -0.15) is 0 Å². The Hall–Kier alpha value is -0.530. The third-order valence-corrected chi connectivity index (χ3v) is 6.12.